The zero-order valence-electron chi connectivity index (χ0n) is 16.6. The van der Waals surface area contributed by atoms with Crippen molar-refractivity contribution in [2.45, 2.75) is 33.2 Å². The molecule has 0 fully saturated rings. The smallest absolute Gasteiger partial charge is 0.257 e. The van der Waals surface area contributed by atoms with Gasteiger partial charge < -0.3 is 14.6 Å². The Morgan fingerprint density at radius 3 is 2.68 bits per heavy atom. The molecule has 0 spiro atoms. The normalized spacial score (nSPS) is 10.8. The van der Waals surface area contributed by atoms with Gasteiger partial charge >= 0.3 is 0 Å². The number of benzene rings is 2. The number of aromatic amines is 1. The van der Waals surface area contributed by atoms with Crippen molar-refractivity contribution in [1.82, 2.24) is 9.88 Å². The molecule has 0 aliphatic heterocycles. The predicted octanol–water partition coefficient (Wildman–Crippen LogP) is 4.29. The number of rotatable bonds is 7. The van der Waals surface area contributed by atoms with Crippen LogP contribution in [0.4, 0.5) is 0 Å². The van der Waals surface area contributed by atoms with E-state index in [9.17, 15) is 9.59 Å². The van der Waals surface area contributed by atoms with Crippen molar-refractivity contribution in [3.05, 3.63) is 75.6 Å². The van der Waals surface area contributed by atoms with E-state index in [0.717, 1.165) is 29.3 Å². The second kappa shape index (κ2) is 8.74. The van der Waals surface area contributed by atoms with Gasteiger partial charge in [0, 0.05) is 12.1 Å². The third kappa shape index (κ3) is 4.09. The van der Waals surface area contributed by atoms with E-state index in [2.05, 4.69) is 11.9 Å². The number of nitrogens with one attached hydrogen (secondary N) is 1. The molecule has 5 heteroatoms. The number of hydrogen-bond donors (Lipinski definition) is 1. The molecule has 0 aliphatic rings. The first-order valence-corrected chi connectivity index (χ1v) is 9.59. The largest absolute Gasteiger partial charge is 0.496 e. The van der Waals surface area contributed by atoms with E-state index in [1.165, 1.54) is 0 Å². The number of ether oxygens (including phenoxy) is 1. The molecule has 0 aliphatic carbocycles. The van der Waals surface area contributed by atoms with Gasteiger partial charge in [0.2, 0.25) is 0 Å². The number of para-hydroxylation sites is 2. The zero-order chi connectivity index (χ0) is 20.1. The van der Waals surface area contributed by atoms with Crippen LogP contribution in [-0.4, -0.2) is 29.4 Å². The number of H-pyrrole nitrogens is 1. The van der Waals surface area contributed by atoms with Gasteiger partial charge in [-0.25, -0.2) is 0 Å². The fourth-order valence-electron chi connectivity index (χ4n) is 3.34. The number of hydrogen-bond acceptors (Lipinski definition) is 3. The number of unbranched alkanes of at least 4 members (excludes halogenated alkanes) is 1. The Morgan fingerprint density at radius 2 is 1.93 bits per heavy atom. The minimum atomic E-state index is -0.156. The molecule has 3 aromatic rings. The molecular weight excluding hydrogens is 352 g/mol. The molecule has 0 saturated heterocycles. The van der Waals surface area contributed by atoms with Crippen LogP contribution in [0.25, 0.3) is 10.9 Å². The van der Waals surface area contributed by atoms with E-state index >= 15 is 0 Å². The van der Waals surface area contributed by atoms with E-state index in [-0.39, 0.29) is 18.0 Å². The van der Waals surface area contributed by atoms with Crippen LogP contribution in [0, 0.1) is 6.92 Å². The molecule has 1 aromatic heterocycles. The van der Waals surface area contributed by atoms with Crippen molar-refractivity contribution >= 4 is 16.8 Å². The van der Waals surface area contributed by atoms with Crippen molar-refractivity contribution in [2.24, 2.45) is 0 Å². The monoisotopic (exact) mass is 378 g/mol. The number of aryl methyl sites for hydroxylation is 1. The first kappa shape index (κ1) is 19.7. The van der Waals surface area contributed by atoms with Gasteiger partial charge in [-0.3, -0.25) is 9.59 Å². The first-order valence-electron chi connectivity index (χ1n) is 9.59. The van der Waals surface area contributed by atoms with Crippen molar-refractivity contribution in [2.75, 3.05) is 13.7 Å². The number of methoxy groups -OCH3 is 1. The van der Waals surface area contributed by atoms with Crippen LogP contribution >= 0.6 is 0 Å². The minimum Gasteiger partial charge on any atom is -0.496 e. The number of nitrogens with zero attached hydrogens (tertiary/aromatic N) is 1. The van der Waals surface area contributed by atoms with Gasteiger partial charge in [0.05, 0.1) is 24.7 Å². The number of aromatic nitrogens is 1. The van der Waals surface area contributed by atoms with Crippen LogP contribution in [0.2, 0.25) is 0 Å². The lowest BCUT2D eigenvalue weighted by molar-refractivity contribution is 0.0737. The molecule has 1 N–H and O–H groups in total. The number of carbonyl (C=O) groups is 1. The molecule has 28 heavy (non-hydrogen) atoms. The SMILES string of the molecule is CCCCN(Cc1cc2cccc(C)c2[nH]c1=O)C(=O)c1ccccc1OC. The third-order valence-corrected chi connectivity index (χ3v) is 4.93. The Labute approximate surface area is 165 Å². The molecule has 0 radical (unpaired) electrons. The van der Waals surface area contributed by atoms with Crippen LogP contribution in [-0.2, 0) is 6.54 Å². The summed E-state index contributed by atoms with van der Waals surface area (Å²) >= 11 is 0. The van der Waals surface area contributed by atoms with E-state index in [1.807, 2.05) is 43.3 Å². The second-order valence-electron chi connectivity index (χ2n) is 6.94. The number of pyridine rings is 1. The van der Waals surface area contributed by atoms with Crippen LogP contribution < -0.4 is 10.3 Å². The maximum absolute atomic E-state index is 13.2. The van der Waals surface area contributed by atoms with Gasteiger partial charge in [-0.05, 0) is 42.5 Å². The average molecular weight is 378 g/mol. The van der Waals surface area contributed by atoms with Crippen molar-refractivity contribution < 1.29 is 9.53 Å². The summed E-state index contributed by atoms with van der Waals surface area (Å²) in [6, 6.07) is 15.0. The minimum absolute atomic E-state index is 0.130. The molecule has 1 heterocycles. The van der Waals surface area contributed by atoms with Gasteiger partial charge in [-0.15, -0.1) is 0 Å². The zero-order valence-corrected chi connectivity index (χ0v) is 16.6. The maximum atomic E-state index is 13.2. The summed E-state index contributed by atoms with van der Waals surface area (Å²) in [5.74, 6) is 0.409. The highest BCUT2D eigenvalue weighted by atomic mass is 16.5. The van der Waals surface area contributed by atoms with E-state index in [4.69, 9.17) is 4.74 Å². The summed E-state index contributed by atoms with van der Waals surface area (Å²) in [6.45, 7) is 4.89. The number of carbonyl (C=O) groups excluding carboxylic acids is 1. The van der Waals surface area contributed by atoms with Crippen LogP contribution in [0.5, 0.6) is 5.75 Å². The second-order valence-corrected chi connectivity index (χ2v) is 6.94. The summed E-state index contributed by atoms with van der Waals surface area (Å²) in [5.41, 5.74) is 2.80. The van der Waals surface area contributed by atoms with E-state index < -0.39 is 0 Å². The lowest BCUT2D eigenvalue weighted by Crippen LogP contribution is -2.34. The molecular formula is C23H26N2O3. The molecule has 0 bridgehead atoms. The molecule has 1 amide bonds. The highest BCUT2D eigenvalue weighted by molar-refractivity contribution is 5.97. The van der Waals surface area contributed by atoms with Crippen LogP contribution in [0.1, 0.15) is 41.3 Å². The average Bonchev–Trinajstić information content (AvgIpc) is 2.71. The molecule has 0 atom stereocenters. The Balaban J connectivity index is 1.97. The summed E-state index contributed by atoms with van der Waals surface area (Å²) in [4.78, 5) is 30.6. The summed E-state index contributed by atoms with van der Waals surface area (Å²) in [7, 11) is 1.55. The third-order valence-electron chi connectivity index (χ3n) is 4.93. The molecule has 0 unspecified atom stereocenters. The van der Waals surface area contributed by atoms with Gasteiger partial charge in [-0.2, -0.15) is 0 Å². The topological polar surface area (TPSA) is 62.4 Å². The van der Waals surface area contributed by atoms with Gasteiger partial charge in [0.15, 0.2) is 0 Å². The fourth-order valence-corrected chi connectivity index (χ4v) is 3.34. The quantitative estimate of drug-likeness (QED) is 0.667. The Morgan fingerprint density at radius 1 is 1.14 bits per heavy atom. The molecule has 0 saturated carbocycles. The van der Waals surface area contributed by atoms with Crippen LogP contribution in [0.3, 0.4) is 0 Å². The Hall–Kier alpha value is -3.08. The summed E-state index contributed by atoms with van der Waals surface area (Å²) < 4.78 is 5.35. The van der Waals surface area contributed by atoms with Crippen molar-refractivity contribution in [1.29, 1.82) is 0 Å². The molecule has 5 nitrogen and oxygen atoms in total. The van der Waals surface area contributed by atoms with Crippen LogP contribution in [0.15, 0.2) is 53.3 Å². The molecule has 2 aromatic carbocycles. The van der Waals surface area contributed by atoms with E-state index in [1.54, 1.807) is 24.1 Å². The highest BCUT2D eigenvalue weighted by Crippen LogP contribution is 2.21. The van der Waals surface area contributed by atoms with E-state index in [0.29, 0.717) is 23.4 Å². The Kier molecular flexibility index (Phi) is 6.14. The maximum Gasteiger partial charge on any atom is 0.257 e. The van der Waals surface area contributed by atoms with Crippen molar-refractivity contribution in [3.63, 3.8) is 0 Å². The fraction of sp³-hybridized carbons (Fsp3) is 0.304. The van der Waals surface area contributed by atoms with Gasteiger partial charge in [0.1, 0.15) is 5.75 Å². The van der Waals surface area contributed by atoms with Crippen molar-refractivity contribution in [3.8, 4) is 5.75 Å². The lowest BCUT2D eigenvalue weighted by Gasteiger charge is -2.23. The highest BCUT2D eigenvalue weighted by Gasteiger charge is 2.20. The van der Waals surface area contributed by atoms with Gasteiger partial charge in [-0.1, -0.05) is 43.7 Å². The first-order chi connectivity index (χ1) is 13.5. The standard InChI is InChI=1S/C23H26N2O3/c1-4-5-13-25(23(27)19-11-6-7-12-20(19)28-3)15-18-14-17-10-8-9-16(2)21(17)24-22(18)26/h6-12,14H,4-5,13,15H2,1-3H3,(H,24,26). The molecule has 3 rings (SSSR count). The predicted molar refractivity (Wildman–Crippen MR) is 112 cm³/mol. The number of fused-ring (bicyclic) bond motifs is 1. The summed E-state index contributed by atoms with van der Waals surface area (Å²) in [6.07, 6.45) is 1.83. The lowest BCUT2D eigenvalue weighted by atomic mass is 10.1. The summed E-state index contributed by atoms with van der Waals surface area (Å²) in [5, 5.41) is 0.967. The number of amides is 1. The molecule has 146 valence electrons. The Bertz CT molecular complexity index is 1040. The van der Waals surface area contributed by atoms with Gasteiger partial charge in [0.25, 0.3) is 11.5 Å².